The number of carboxylic acids is 1. The van der Waals surface area contributed by atoms with E-state index in [0.29, 0.717) is 0 Å². The smallest absolute Gasteiger partial charge is 0.355 e. The van der Waals surface area contributed by atoms with Crippen molar-refractivity contribution in [3.63, 3.8) is 0 Å². The number of benzene rings is 2. The van der Waals surface area contributed by atoms with E-state index in [9.17, 15) is 9.90 Å². The summed E-state index contributed by atoms with van der Waals surface area (Å²) in [6, 6.07) is 14.4. The average Bonchev–Trinajstić information content (AvgIpc) is 3.38. The van der Waals surface area contributed by atoms with Crippen LogP contribution in [0.5, 0.6) is 0 Å². The molecular weight excluding hydrogens is 452 g/mol. The van der Waals surface area contributed by atoms with Crippen molar-refractivity contribution in [3.05, 3.63) is 64.2 Å². The van der Waals surface area contributed by atoms with E-state index in [1.165, 1.54) is 16.9 Å². The van der Waals surface area contributed by atoms with Gasteiger partial charge in [0.15, 0.2) is 5.69 Å². The lowest BCUT2D eigenvalue weighted by atomic mass is 9.99. The molecule has 5 rings (SSSR count). The number of anilines is 1. The number of thiazole rings is 2. The number of aromatic nitrogens is 2. The van der Waals surface area contributed by atoms with Crippen LogP contribution in [0.1, 0.15) is 65.5 Å². The predicted octanol–water partition coefficient (Wildman–Crippen LogP) is 6.78. The summed E-state index contributed by atoms with van der Waals surface area (Å²) in [5, 5.41) is 15.9. The molecular formula is C25H24N4O2S2. The number of carboxylic acid groups (broad SMARTS) is 1. The first kappa shape index (κ1) is 21.7. The monoisotopic (exact) mass is 476 g/mol. The van der Waals surface area contributed by atoms with Crippen molar-refractivity contribution in [3.8, 4) is 10.6 Å². The van der Waals surface area contributed by atoms with Crippen LogP contribution in [0.15, 0.2) is 47.6 Å². The third-order valence-electron chi connectivity index (χ3n) is 5.74. The minimum atomic E-state index is -0.974. The molecule has 2 aromatic heterocycles. The Morgan fingerprint density at radius 1 is 1.09 bits per heavy atom. The van der Waals surface area contributed by atoms with Crippen molar-refractivity contribution in [1.29, 1.82) is 0 Å². The Morgan fingerprint density at radius 3 is 2.67 bits per heavy atom. The first-order chi connectivity index (χ1) is 16.0. The molecule has 2 N–H and O–H groups in total. The summed E-state index contributed by atoms with van der Waals surface area (Å²) in [5.41, 5.74) is 8.61. The van der Waals surface area contributed by atoms with Crippen LogP contribution >= 0.6 is 22.7 Å². The van der Waals surface area contributed by atoms with Crippen molar-refractivity contribution >= 4 is 49.7 Å². The normalized spacial score (nSPS) is 15.1. The molecule has 0 fully saturated rings. The maximum Gasteiger partial charge on any atom is 0.355 e. The highest BCUT2D eigenvalue weighted by Gasteiger charge is 2.22. The lowest BCUT2D eigenvalue weighted by Gasteiger charge is -2.10. The zero-order chi connectivity index (χ0) is 22.9. The molecule has 6 nitrogen and oxygen atoms in total. The molecule has 0 spiro atoms. The van der Waals surface area contributed by atoms with E-state index >= 15 is 0 Å². The molecule has 1 aliphatic rings. The van der Waals surface area contributed by atoms with Gasteiger partial charge >= 0.3 is 5.97 Å². The molecule has 8 heteroatoms. The summed E-state index contributed by atoms with van der Waals surface area (Å²) in [5.74, 6) is -0.864. The number of rotatable bonds is 5. The van der Waals surface area contributed by atoms with Gasteiger partial charge in [-0.15, -0.1) is 11.3 Å². The van der Waals surface area contributed by atoms with Gasteiger partial charge in [-0.05, 0) is 55.4 Å². The van der Waals surface area contributed by atoms with E-state index in [4.69, 9.17) is 5.10 Å². The molecule has 0 unspecified atom stereocenters. The van der Waals surface area contributed by atoms with E-state index in [0.717, 1.165) is 67.8 Å². The van der Waals surface area contributed by atoms with Gasteiger partial charge in [0.05, 0.1) is 15.9 Å². The number of aryl methyl sites for hydroxylation is 1. The van der Waals surface area contributed by atoms with Crippen molar-refractivity contribution in [2.24, 2.45) is 5.10 Å². The molecule has 0 atom stereocenters. The Labute approximate surface area is 200 Å². The second-order valence-corrected chi connectivity index (χ2v) is 10.5. The van der Waals surface area contributed by atoms with Gasteiger partial charge in [-0.3, -0.25) is 5.43 Å². The summed E-state index contributed by atoms with van der Waals surface area (Å²) in [6.07, 6.45) is 4.07. The first-order valence-corrected chi connectivity index (χ1v) is 12.7. The number of hydrogen-bond acceptors (Lipinski definition) is 7. The zero-order valence-corrected chi connectivity index (χ0v) is 20.1. The quantitative estimate of drug-likeness (QED) is 0.245. The maximum absolute atomic E-state index is 11.7. The summed E-state index contributed by atoms with van der Waals surface area (Å²) in [6.45, 7) is 4.00. The number of hydrazone groups is 1. The number of hydrogen-bond donors (Lipinski definition) is 2. The summed E-state index contributed by atoms with van der Waals surface area (Å²) in [7, 11) is 0. The largest absolute Gasteiger partial charge is 0.476 e. The maximum atomic E-state index is 11.7. The highest BCUT2D eigenvalue weighted by molar-refractivity contribution is 7.22. The molecule has 0 saturated carbocycles. The molecule has 33 heavy (non-hydrogen) atoms. The van der Waals surface area contributed by atoms with E-state index in [2.05, 4.69) is 39.7 Å². The minimum absolute atomic E-state index is 0.110. The fourth-order valence-corrected chi connectivity index (χ4v) is 5.95. The fraction of sp³-hybridized carbons (Fsp3) is 0.280. The number of nitrogens with one attached hydrogen (secondary N) is 1. The van der Waals surface area contributed by atoms with Crippen LogP contribution in [-0.2, 0) is 6.42 Å². The van der Waals surface area contributed by atoms with Gasteiger partial charge in [-0.1, -0.05) is 49.4 Å². The third-order valence-corrected chi connectivity index (χ3v) is 8.08. The zero-order valence-electron chi connectivity index (χ0n) is 18.5. The van der Waals surface area contributed by atoms with E-state index in [1.54, 1.807) is 11.3 Å². The van der Waals surface area contributed by atoms with E-state index in [1.807, 2.05) is 32.0 Å². The predicted molar refractivity (Wildman–Crippen MR) is 136 cm³/mol. The highest BCUT2D eigenvalue weighted by Crippen LogP contribution is 2.35. The Kier molecular flexibility index (Phi) is 5.95. The van der Waals surface area contributed by atoms with Crippen molar-refractivity contribution in [1.82, 2.24) is 9.97 Å². The molecule has 0 saturated heterocycles. The second kappa shape index (κ2) is 9.03. The van der Waals surface area contributed by atoms with Crippen LogP contribution < -0.4 is 5.43 Å². The first-order valence-electron chi connectivity index (χ1n) is 11.1. The molecule has 2 aromatic carbocycles. The molecule has 1 aliphatic carbocycles. The summed E-state index contributed by atoms with van der Waals surface area (Å²) in [4.78, 5) is 21.6. The van der Waals surface area contributed by atoms with Crippen LogP contribution in [0.2, 0.25) is 0 Å². The molecule has 4 aromatic rings. The Balaban J connectivity index is 1.51. The fourth-order valence-electron chi connectivity index (χ4n) is 4.09. The molecule has 0 radical (unpaired) electrons. The lowest BCUT2D eigenvalue weighted by Crippen LogP contribution is -2.06. The molecule has 0 amide bonds. The van der Waals surface area contributed by atoms with E-state index in [-0.39, 0.29) is 11.6 Å². The topological polar surface area (TPSA) is 87.5 Å². The second-order valence-electron chi connectivity index (χ2n) is 8.43. The van der Waals surface area contributed by atoms with Gasteiger partial charge < -0.3 is 5.11 Å². The number of aromatic carboxylic acids is 1. The van der Waals surface area contributed by atoms with Crippen LogP contribution in [-0.4, -0.2) is 26.8 Å². The van der Waals surface area contributed by atoms with E-state index < -0.39 is 5.97 Å². The number of carbonyl (C=O) groups is 1. The average molecular weight is 477 g/mol. The van der Waals surface area contributed by atoms with Crippen LogP contribution in [0.3, 0.4) is 0 Å². The van der Waals surface area contributed by atoms with Crippen molar-refractivity contribution in [2.45, 2.75) is 45.4 Å². The van der Waals surface area contributed by atoms with Gasteiger partial charge in [0.25, 0.3) is 0 Å². The van der Waals surface area contributed by atoms with Gasteiger partial charge in [0.1, 0.15) is 5.01 Å². The van der Waals surface area contributed by atoms with Gasteiger partial charge in [-0.2, -0.15) is 5.10 Å². The van der Waals surface area contributed by atoms with Crippen molar-refractivity contribution < 1.29 is 9.90 Å². The minimum Gasteiger partial charge on any atom is -0.476 e. The standard InChI is InChI=1S/C25H24N4O2S2/c1-14(2)22-21(24(30)31)27-23(33-22)16-12-11-15-7-3-4-8-18(17(15)13-16)28-29-25-26-19-9-5-6-10-20(19)32-25/h5-6,9-14H,3-4,7-8H2,1-2H3,(H,26,29)(H,30,31)/b28-18+. The number of para-hydroxylation sites is 1. The Morgan fingerprint density at radius 2 is 1.91 bits per heavy atom. The van der Waals surface area contributed by atoms with Crippen LogP contribution in [0.25, 0.3) is 20.8 Å². The van der Waals surface area contributed by atoms with Crippen molar-refractivity contribution in [2.75, 3.05) is 5.43 Å². The molecule has 0 bridgehead atoms. The third kappa shape index (κ3) is 4.41. The van der Waals surface area contributed by atoms with Crippen LogP contribution in [0.4, 0.5) is 5.13 Å². The van der Waals surface area contributed by atoms with Crippen LogP contribution in [0, 0.1) is 0 Å². The Hall–Kier alpha value is -3.10. The molecule has 168 valence electrons. The summed E-state index contributed by atoms with van der Waals surface area (Å²) < 4.78 is 1.13. The van der Waals surface area contributed by atoms with Gasteiger partial charge in [0.2, 0.25) is 5.13 Å². The van der Waals surface area contributed by atoms with Gasteiger partial charge in [0, 0.05) is 16.0 Å². The Bertz CT molecular complexity index is 1340. The summed E-state index contributed by atoms with van der Waals surface area (Å²) >= 11 is 3.05. The number of nitrogens with zero attached hydrogens (tertiary/aromatic N) is 3. The SMILES string of the molecule is CC(C)c1sc(-c2ccc3c(c2)/C(=N/Nc2nc4ccccc4s2)CCCC3)nc1C(=O)O. The molecule has 2 heterocycles. The number of fused-ring (bicyclic) bond motifs is 2. The highest BCUT2D eigenvalue weighted by atomic mass is 32.1. The lowest BCUT2D eigenvalue weighted by molar-refractivity contribution is 0.0690. The van der Waals surface area contributed by atoms with Gasteiger partial charge in [-0.25, -0.2) is 14.8 Å². The molecule has 0 aliphatic heterocycles.